The topological polar surface area (TPSA) is 74.7 Å². The molecule has 1 aromatic rings. The number of rotatable bonds is 4. The van der Waals surface area contributed by atoms with Crippen LogP contribution in [0.25, 0.3) is 0 Å². The number of halogens is 4. The van der Waals surface area contributed by atoms with Gasteiger partial charge in [0.2, 0.25) is 9.84 Å². The second-order valence-electron chi connectivity index (χ2n) is 5.68. The van der Waals surface area contributed by atoms with Gasteiger partial charge >= 0.3 is 11.9 Å². The van der Waals surface area contributed by atoms with Gasteiger partial charge in [0, 0.05) is 11.1 Å². The van der Waals surface area contributed by atoms with E-state index in [0.29, 0.717) is 6.07 Å². The fraction of sp³-hybridized carbons (Fsp3) is 0.462. The molecular weight excluding hydrogens is 403 g/mol. The van der Waals surface area contributed by atoms with Gasteiger partial charge in [-0.3, -0.25) is 4.90 Å². The minimum atomic E-state index is -5.01. The molecule has 0 aliphatic heterocycles. The lowest BCUT2D eigenvalue weighted by Gasteiger charge is -2.34. The summed E-state index contributed by atoms with van der Waals surface area (Å²) in [5.74, 6) is -4.58. The quantitative estimate of drug-likeness (QED) is 0.754. The number of carbonyl (C=O) groups is 1. The highest BCUT2D eigenvalue weighted by Crippen LogP contribution is 2.32. The molecule has 0 heterocycles. The largest absolute Gasteiger partial charge is 0.465 e. The van der Waals surface area contributed by atoms with Crippen LogP contribution in [0.15, 0.2) is 21.5 Å². The Balaban J connectivity index is 3.57. The average Bonchev–Trinajstić information content (AvgIpc) is 2.37. The maximum atomic E-state index is 13.7. The molecule has 0 bridgehead atoms. The normalized spacial score (nSPS) is 12.5. The molecule has 1 amide bonds. The summed E-state index contributed by atoms with van der Waals surface area (Å²) in [6.45, 7) is 4.04. The molecule has 0 spiro atoms. The van der Waals surface area contributed by atoms with E-state index in [2.05, 4.69) is 15.9 Å². The standard InChI is InChI=1S/C13H15BrF3NO4S/c1-13(2,3)18(12(19)20)6-7-9(23(21,22)11(16)17)5-4-8(15)10(7)14/h4-5,11H,6H2,1-3H3,(H,19,20). The lowest BCUT2D eigenvalue weighted by Crippen LogP contribution is -2.44. The molecule has 1 rings (SSSR count). The van der Waals surface area contributed by atoms with Crippen LogP contribution < -0.4 is 0 Å². The summed E-state index contributed by atoms with van der Waals surface area (Å²) >= 11 is 2.81. The number of hydrogen-bond acceptors (Lipinski definition) is 3. The monoisotopic (exact) mass is 417 g/mol. The second kappa shape index (κ2) is 6.68. The van der Waals surface area contributed by atoms with Crippen molar-refractivity contribution in [3.8, 4) is 0 Å². The van der Waals surface area contributed by atoms with Crippen molar-refractivity contribution in [2.24, 2.45) is 0 Å². The van der Waals surface area contributed by atoms with Crippen LogP contribution in [0.1, 0.15) is 26.3 Å². The first kappa shape index (κ1) is 19.8. The first-order valence-corrected chi connectivity index (χ1v) is 8.63. The molecule has 0 atom stereocenters. The molecule has 0 saturated carbocycles. The Bertz CT molecular complexity index is 717. The van der Waals surface area contributed by atoms with Gasteiger partial charge in [-0.25, -0.2) is 17.6 Å². The van der Waals surface area contributed by atoms with Crippen LogP contribution in [-0.4, -0.2) is 35.8 Å². The molecule has 0 aromatic heterocycles. The van der Waals surface area contributed by atoms with Gasteiger partial charge in [0.05, 0.1) is 15.9 Å². The SMILES string of the molecule is CC(C)(C)N(Cc1c(S(=O)(=O)C(F)F)ccc(F)c1Br)C(=O)O. The molecular formula is C13H15BrF3NO4S. The van der Waals surface area contributed by atoms with Crippen molar-refractivity contribution in [1.29, 1.82) is 0 Å². The predicted octanol–water partition coefficient (Wildman–Crippen LogP) is 3.86. The predicted molar refractivity (Wildman–Crippen MR) is 80.6 cm³/mol. The van der Waals surface area contributed by atoms with Gasteiger partial charge in [0.25, 0.3) is 0 Å². The van der Waals surface area contributed by atoms with Crippen molar-refractivity contribution in [2.75, 3.05) is 0 Å². The zero-order chi connectivity index (χ0) is 18.2. The number of alkyl halides is 2. The third-order valence-corrected chi connectivity index (χ3v) is 5.37. The molecule has 23 heavy (non-hydrogen) atoms. The highest BCUT2D eigenvalue weighted by Gasteiger charge is 2.34. The molecule has 10 heteroatoms. The summed E-state index contributed by atoms with van der Waals surface area (Å²) in [4.78, 5) is 11.4. The Kier molecular flexibility index (Phi) is 5.74. The molecule has 0 fully saturated rings. The average molecular weight is 418 g/mol. The Morgan fingerprint density at radius 3 is 2.26 bits per heavy atom. The fourth-order valence-electron chi connectivity index (χ4n) is 1.83. The van der Waals surface area contributed by atoms with Gasteiger partial charge < -0.3 is 5.11 Å². The van der Waals surface area contributed by atoms with Crippen molar-refractivity contribution in [3.63, 3.8) is 0 Å². The van der Waals surface area contributed by atoms with Gasteiger partial charge in [-0.15, -0.1) is 0 Å². The second-order valence-corrected chi connectivity index (χ2v) is 8.36. The third-order valence-electron chi connectivity index (χ3n) is 3.05. The van der Waals surface area contributed by atoms with Crippen LogP contribution >= 0.6 is 15.9 Å². The molecule has 0 unspecified atom stereocenters. The third kappa shape index (κ3) is 4.17. The Morgan fingerprint density at radius 2 is 1.87 bits per heavy atom. The van der Waals surface area contributed by atoms with E-state index in [1.807, 2.05) is 0 Å². The van der Waals surface area contributed by atoms with E-state index in [-0.39, 0.29) is 10.0 Å². The summed E-state index contributed by atoms with van der Waals surface area (Å²) in [5.41, 5.74) is -1.33. The molecule has 130 valence electrons. The van der Waals surface area contributed by atoms with E-state index in [9.17, 15) is 31.5 Å². The lowest BCUT2D eigenvalue weighted by molar-refractivity contribution is 0.0947. The van der Waals surface area contributed by atoms with Crippen molar-refractivity contribution >= 4 is 31.9 Å². The number of amides is 1. The van der Waals surface area contributed by atoms with E-state index in [4.69, 9.17) is 0 Å². The number of hydrogen-bond donors (Lipinski definition) is 1. The van der Waals surface area contributed by atoms with Crippen molar-refractivity contribution in [2.45, 2.75) is 43.5 Å². The maximum absolute atomic E-state index is 13.7. The Labute approximate surface area is 140 Å². The highest BCUT2D eigenvalue weighted by atomic mass is 79.9. The fourth-order valence-corrected chi connectivity index (χ4v) is 3.40. The van der Waals surface area contributed by atoms with Gasteiger partial charge in [0.15, 0.2) is 0 Å². The number of carboxylic acid groups (broad SMARTS) is 1. The molecule has 0 radical (unpaired) electrons. The van der Waals surface area contributed by atoms with Crippen molar-refractivity contribution < 1.29 is 31.5 Å². The summed E-state index contributed by atoms with van der Waals surface area (Å²) in [6, 6.07) is 1.44. The van der Waals surface area contributed by atoms with Crippen molar-refractivity contribution in [1.82, 2.24) is 4.90 Å². The number of benzene rings is 1. The van der Waals surface area contributed by atoms with Crippen molar-refractivity contribution in [3.05, 3.63) is 28.0 Å². The number of sulfone groups is 1. The van der Waals surface area contributed by atoms with Crippen LogP contribution in [0.4, 0.5) is 18.0 Å². The summed E-state index contributed by atoms with van der Waals surface area (Å²) in [5, 5.41) is 9.25. The minimum Gasteiger partial charge on any atom is -0.465 e. The smallest absolute Gasteiger partial charge is 0.408 e. The molecule has 0 aliphatic rings. The van der Waals surface area contributed by atoms with Gasteiger partial charge in [-0.05, 0) is 48.8 Å². The zero-order valence-corrected chi connectivity index (χ0v) is 14.9. The van der Waals surface area contributed by atoms with E-state index in [0.717, 1.165) is 11.0 Å². The molecule has 1 N–H and O–H groups in total. The van der Waals surface area contributed by atoms with Crippen LogP contribution in [-0.2, 0) is 16.4 Å². The van der Waals surface area contributed by atoms with Crippen LogP contribution in [0, 0.1) is 5.82 Å². The van der Waals surface area contributed by atoms with Gasteiger partial charge in [-0.2, -0.15) is 8.78 Å². The van der Waals surface area contributed by atoms with Crippen LogP contribution in [0.2, 0.25) is 0 Å². The first-order valence-electron chi connectivity index (χ1n) is 6.29. The molecule has 0 aliphatic carbocycles. The van der Waals surface area contributed by atoms with Crippen LogP contribution in [0.3, 0.4) is 0 Å². The molecule has 1 aromatic carbocycles. The molecule has 0 saturated heterocycles. The minimum absolute atomic E-state index is 0.366. The van der Waals surface area contributed by atoms with E-state index in [1.165, 1.54) is 20.8 Å². The summed E-state index contributed by atoms with van der Waals surface area (Å²) in [6.07, 6.45) is -1.39. The van der Waals surface area contributed by atoms with E-state index >= 15 is 0 Å². The van der Waals surface area contributed by atoms with E-state index in [1.54, 1.807) is 0 Å². The Morgan fingerprint density at radius 1 is 1.35 bits per heavy atom. The summed E-state index contributed by atoms with van der Waals surface area (Å²) < 4.78 is 62.5. The van der Waals surface area contributed by atoms with Gasteiger partial charge in [0.1, 0.15) is 5.82 Å². The lowest BCUT2D eigenvalue weighted by atomic mass is 10.1. The zero-order valence-electron chi connectivity index (χ0n) is 12.5. The summed E-state index contributed by atoms with van der Waals surface area (Å²) in [7, 11) is -5.01. The maximum Gasteiger partial charge on any atom is 0.408 e. The van der Waals surface area contributed by atoms with Crippen LogP contribution in [0.5, 0.6) is 0 Å². The molecule has 5 nitrogen and oxygen atoms in total. The number of nitrogens with zero attached hydrogens (tertiary/aromatic N) is 1. The Hall–Kier alpha value is -1.29. The van der Waals surface area contributed by atoms with Gasteiger partial charge in [-0.1, -0.05) is 0 Å². The highest BCUT2D eigenvalue weighted by molar-refractivity contribution is 9.10. The first-order chi connectivity index (χ1) is 10.3. The van der Waals surface area contributed by atoms with E-state index < -0.39 is 44.5 Å².